The number of hydrogen-bond acceptors (Lipinski definition) is 3. The van der Waals surface area contributed by atoms with Crippen LogP contribution in [-0.4, -0.2) is 29.1 Å². The number of benzene rings is 1. The Balaban J connectivity index is 1.91. The van der Waals surface area contributed by atoms with Gasteiger partial charge in [0.2, 0.25) is 0 Å². The van der Waals surface area contributed by atoms with Crippen LogP contribution in [0.15, 0.2) is 22.7 Å². The smallest absolute Gasteiger partial charge is 0.329 e. The minimum Gasteiger partial charge on any atom is -0.482 e. The van der Waals surface area contributed by atoms with E-state index in [0.717, 1.165) is 10.9 Å². The molecule has 1 fully saturated rings. The number of aliphatic carboxylic acids is 1. The number of halogens is 2. The molecule has 2 N–H and O–H groups in total. The van der Waals surface area contributed by atoms with Crippen molar-refractivity contribution >= 4 is 39.4 Å². The molecule has 0 aliphatic heterocycles. The highest BCUT2D eigenvalue weighted by Gasteiger charge is 2.45. The van der Waals surface area contributed by atoms with Crippen LogP contribution in [0.2, 0.25) is 5.02 Å². The van der Waals surface area contributed by atoms with E-state index in [-0.39, 0.29) is 6.61 Å². The number of hydrogen-bond donors (Lipinski definition) is 2. The fourth-order valence-electron chi connectivity index (χ4n) is 1.96. The summed E-state index contributed by atoms with van der Waals surface area (Å²) in [5, 5.41) is 12.0. The van der Waals surface area contributed by atoms with Gasteiger partial charge in [-0.25, -0.2) is 4.79 Å². The molecular weight excluding hydrogens is 350 g/mol. The molecule has 1 aliphatic rings. The maximum absolute atomic E-state index is 11.8. The molecule has 7 heteroatoms. The lowest BCUT2D eigenvalue weighted by molar-refractivity contribution is -0.152. The normalized spacial score (nSPS) is 16.1. The molecule has 108 valence electrons. The molecule has 0 bridgehead atoms. The van der Waals surface area contributed by atoms with Gasteiger partial charge in [-0.1, -0.05) is 27.5 Å². The summed E-state index contributed by atoms with van der Waals surface area (Å²) in [4.78, 5) is 22.9. The van der Waals surface area contributed by atoms with Crippen LogP contribution < -0.4 is 10.1 Å². The monoisotopic (exact) mass is 361 g/mol. The number of rotatable bonds is 5. The first-order valence-corrected chi connectivity index (χ1v) is 7.22. The standard InChI is InChI=1S/C13H13BrClNO4/c14-8-2-3-10(9(15)6-8)20-7-11(17)16-13(12(18)19)4-1-5-13/h2-3,6H,1,4-5,7H2,(H,16,17)(H,18,19). The van der Waals surface area contributed by atoms with Crippen LogP contribution in [0, 0.1) is 0 Å². The van der Waals surface area contributed by atoms with E-state index in [2.05, 4.69) is 21.2 Å². The summed E-state index contributed by atoms with van der Waals surface area (Å²) in [6.45, 7) is -0.267. The maximum atomic E-state index is 11.8. The van der Waals surface area contributed by atoms with Crippen molar-refractivity contribution in [1.82, 2.24) is 5.32 Å². The number of ether oxygens (including phenoxy) is 1. The molecule has 1 amide bonds. The van der Waals surface area contributed by atoms with E-state index in [1.807, 2.05) is 0 Å². The average molecular weight is 363 g/mol. The van der Waals surface area contributed by atoms with E-state index in [1.165, 1.54) is 0 Å². The molecule has 0 atom stereocenters. The number of nitrogens with one attached hydrogen (secondary N) is 1. The molecule has 1 aromatic rings. The number of amides is 1. The Hall–Kier alpha value is -1.27. The molecule has 0 radical (unpaired) electrons. The zero-order valence-electron chi connectivity index (χ0n) is 10.5. The largest absolute Gasteiger partial charge is 0.482 e. The first-order chi connectivity index (χ1) is 9.43. The summed E-state index contributed by atoms with van der Waals surface area (Å²) in [6, 6.07) is 5.03. The minimum atomic E-state index is -1.12. The second kappa shape index (κ2) is 6.01. The van der Waals surface area contributed by atoms with Gasteiger partial charge in [-0.15, -0.1) is 0 Å². The lowest BCUT2D eigenvalue weighted by Crippen LogP contribution is -2.59. The van der Waals surface area contributed by atoms with Crippen molar-refractivity contribution in [1.29, 1.82) is 0 Å². The lowest BCUT2D eigenvalue weighted by Gasteiger charge is -2.38. The van der Waals surface area contributed by atoms with Gasteiger partial charge in [0.15, 0.2) is 6.61 Å². The van der Waals surface area contributed by atoms with E-state index in [1.54, 1.807) is 18.2 Å². The fraction of sp³-hybridized carbons (Fsp3) is 0.385. The molecule has 1 saturated carbocycles. The molecule has 0 saturated heterocycles. The Morgan fingerprint density at radius 3 is 2.65 bits per heavy atom. The highest BCUT2D eigenvalue weighted by molar-refractivity contribution is 9.10. The van der Waals surface area contributed by atoms with Gasteiger partial charge in [0.05, 0.1) is 5.02 Å². The second-order valence-corrected chi connectivity index (χ2v) is 5.98. The Morgan fingerprint density at radius 2 is 2.15 bits per heavy atom. The average Bonchev–Trinajstić information content (AvgIpc) is 2.32. The molecule has 0 spiro atoms. The van der Waals surface area contributed by atoms with Crippen LogP contribution in [0.4, 0.5) is 0 Å². The van der Waals surface area contributed by atoms with Crippen molar-refractivity contribution in [3.63, 3.8) is 0 Å². The summed E-state index contributed by atoms with van der Waals surface area (Å²) in [5.74, 6) is -1.09. The van der Waals surface area contributed by atoms with Gasteiger partial charge >= 0.3 is 5.97 Å². The zero-order valence-corrected chi connectivity index (χ0v) is 12.8. The zero-order chi connectivity index (χ0) is 14.8. The fourth-order valence-corrected chi connectivity index (χ4v) is 2.69. The van der Waals surface area contributed by atoms with Gasteiger partial charge < -0.3 is 15.2 Å². The lowest BCUT2D eigenvalue weighted by atomic mass is 9.77. The molecule has 0 unspecified atom stereocenters. The van der Waals surface area contributed by atoms with Crippen LogP contribution >= 0.6 is 27.5 Å². The van der Waals surface area contributed by atoms with Crippen molar-refractivity contribution in [2.24, 2.45) is 0 Å². The van der Waals surface area contributed by atoms with Gasteiger partial charge in [0.1, 0.15) is 11.3 Å². The maximum Gasteiger partial charge on any atom is 0.329 e. The minimum absolute atomic E-state index is 0.267. The predicted octanol–water partition coefficient (Wildman–Crippen LogP) is 2.60. The highest BCUT2D eigenvalue weighted by atomic mass is 79.9. The molecule has 5 nitrogen and oxygen atoms in total. The Morgan fingerprint density at radius 1 is 1.45 bits per heavy atom. The van der Waals surface area contributed by atoms with Crippen LogP contribution in [0.25, 0.3) is 0 Å². The van der Waals surface area contributed by atoms with Crippen LogP contribution in [0.3, 0.4) is 0 Å². The van der Waals surface area contributed by atoms with Crippen molar-refractivity contribution in [2.45, 2.75) is 24.8 Å². The number of carbonyl (C=O) groups is 2. The molecule has 1 aromatic carbocycles. The summed E-state index contributed by atoms with van der Waals surface area (Å²) in [6.07, 6.45) is 1.70. The molecule has 2 rings (SSSR count). The van der Waals surface area contributed by atoms with E-state index in [4.69, 9.17) is 21.4 Å². The van der Waals surface area contributed by atoms with Crippen molar-refractivity contribution in [3.05, 3.63) is 27.7 Å². The van der Waals surface area contributed by atoms with E-state index >= 15 is 0 Å². The SMILES string of the molecule is O=C(COc1ccc(Br)cc1Cl)NC1(C(=O)O)CCC1. The summed E-state index contributed by atoms with van der Waals surface area (Å²) in [7, 11) is 0. The van der Waals surface area contributed by atoms with Crippen molar-refractivity contribution < 1.29 is 19.4 Å². The third-order valence-electron chi connectivity index (χ3n) is 3.25. The topological polar surface area (TPSA) is 75.6 Å². The predicted molar refractivity (Wildman–Crippen MR) is 77.0 cm³/mol. The molecular formula is C13H13BrClNO4. The number of carboxylic acid groups (broad SMARTS) is 1. The van der Waals surface area contributed by atoms with Crippen LogP contribution in [-0.2, 0) is 9.59 Å². The first kappa shape index (κ1) is 15.1. The Bertz CT molecular complexity index is 545. The molecule has 0 aromatic heterocycles. The van der Waals surface area contributed by atoms with E-state index < -0.39 is 17.4 Å². The van der Waals surface area contributed by atoms with Gasteiger partial charge in [-0.3, -0.25) is 4.79 Å². The van der Waals surface area contributed by atoms with Gasteiger partial charge in [0.25, 0.3) is 5.91 Å². The summed E-state index contributed by atoms with van der Waals surface area (Å²) < 4.78 is 6.09. The molecule has 0 heterocycles. The number of carboxylic acids is 1. The second-order valence-electron chi connectivity index (χ2n) is 4.65. The quantitative estimate of drug-likeness (QED) is 0.844. The van der Waals surface area contributed by atoms with Crippen LogP contribution in [0.1, 0.15) is 19.3 Å². The number of carbonyl (C=O) groups excluding carboxylic acids is 1. The Labute approximate surface area is 129 Å². The van der Waals surface area contributed by atoms with Crippen LogP contribution in [0.5, 0.6) is 5.75 Å². The summed E-state index contributed by atoms with van der Waals surface area (Å²) >= 11 is 9.22. The van der Waals surface area contributed by atoms with Crippen molar-refractivity contribution in [2.75, 3.05) is 6.61 Å². The third-order valence-corrected chi connectivity index (χ3v) is 4.04. The molecule has 1 aliphatic carbocycles. The van der Waals surface area contributed by atoms with Gasteiger partial charge in [-0.2, -0.15) is 0 Å². The summed E-state index contributed by atoms with van der Waals surface area (Å²) in [5.41, 5.74) is -1.12. The Kier molecular flexibility index (Phi) is 4.55. The van der Waals surface area contributed by atoms with Gasteiger partial charge in [0, 0.05) is 4.47 Å². The van der Waals surface area contributed by atoms with E-state index in [0.29, 0.717) is 23.6 Å². The molecule has 20 heavy (non-hydrogen) atoms. The third kappa shape index (κ3) is 3.24. The highest BCUT2D eigenvalue weighted by Crippen LogP contribution is 2.32. The first-order valence-electron chi connectivity index (χ1n) is 6.05. The van der Waals surface area contributed by atoms with E-state index in [9.17, 15) is 9.59 Å². The van der Waals surface area contributed by atoms with Gasteiger partial charge in [-0.05, 0) is 37.5 Å². The van der Waals surface area contributed by atoms with Crippen molar-refractivity contribution in [3.8, 4) is 5.75 Å².